The molecule has 122 valence electrons. The van der Waals surface area contributed by atoms with E-state index in [0.717, 1.165) is 19.3 Å². The number of nitrogens with one attached hydrogen (secondary N) is 1. The molecular formula is C15H24N4O3. The molecule has 1 amide bonds. The lowest BCUT2D eigenvalue weighted by atomic mass is 9.69. The molecule has 1 saturated carbocycles. The molecule has 2 unspecified atom stereocenters. The summed E-state index contributed by atoms with van der Waals surface area (Å²) >= 11 is 0. The van der Waals surface area contributed by atoms with Crippen molar-refractivity contribution in [3.05, 3.63) is 11.9 Å². The third kappa shape index (κ3) is 4.05. The molecule has 2 rings (SSSR count). The highest BCUT2D eigenvalue weighted by molar-refractivity contribution is 5.84. The first-order chi connectivity index (χ1) is 10.3. The highest BCUT2D eigenvalue weighted by Crippen LogP contribution is 2.37. The van der Waals surface area contributed by atoms with E-state index < -0.39 is 5.97 Å². The van der Waals surface area contributed by atoms with Crippen molar-refractivity contribution in [1.29, 1.82) is 0 Å². The van der Waals surface area contributed by atoms with Gasteiger partial charge in [0.2, 0.25) is 5.91 Å². The summed E-state index contributed by atoms with van der Waals surface area (Å²) in [5.74, 6) is -0.842. The van der Waals surface area contributed by atoms with E-state index in [-0.39, 0.29) is 29.6 Å². The van der Waals surface area contributed by atoms with Crippen LogP contribution in [0, 0.1) is 11.3 Å². The van der Waals surface area contributed by atoms with Gasteiger partial charge in [0.25, 0.3) is 0 Å². The van der Waals surface area contributed by atoms with Crippen LogP contribution in [0.15, 0.2) is 6.20 Å². The van der Waals surface area contributed by atoms with Gasteiger partial charge < -0.3 is 10.4 Å². The van der Waals surface area contributed by atoms with Crippen molar-refractivity contribution < 1.29 is 14.7 Å². The number of aromatic carboxylic acids is 1. The average Bonchev–Trinajstić information content (AvgIpc) is 2.86. The maximum absolute atomic E-state index is 12.2. The minimum atomic E-state index is -1.15. The molecule has 0 aliphatic heterocycles. The van der Waals surface area contributed by atoms with Gasteiger partial charge in [-0.25, -0.2) is 9.48 Å². The Hall–Kier alpha value is -1.92. The van der Waals surface area contributed by atoms with E-state index in [1.54, 1.807) is 0 Å². The first-order valence-corrected chi connectivity index (χ1v) is 7.70. The van der Waals surface area contributed by atoms with Crippen LogP contribution in [0.25, 0.3) is 0 Å². The second-order valence-electron chi connectivity index (χ2n) is 7.04. The fraction of sp³-hybridized carbons (Fsp3) is 0.733. The number of rotatable bonds is 4. The van der Waals surface area contributed by atoms with Crippen molar-refractivity contribution >= 4 is 11.9 Å². The summed E-state index contributed by atoms with van der Waals surface area (Å²) in [6, 6.07) is 0.170. The highest BCUT2D eigenvalue weighted by atomic mass is 16.4. The fourth-order valence-corrected chi connectivity index (χ4v) is 3.21. The number of hydrogen-bond acceptors (Lipinski definition) is 4. The molecule has 7 nitrogen and oxygen atoms in total. The van der Waals surface area contributed by atoms with Crippen LogP contribution in [0.4, 0.5) is 0 Å². The van der Waals surface area contributed by atoms with Gasteiger partial charge in [-0.3, -0.25) is 4.79 Å². The number of amides is 1. The lowest BCUT2D eigenvalue weighted by Gasteiger charge is -2.40. The van der Waals surface area contributed by atoms with E-state index in [0.29, 0.717) is 5.92 Å². The van der Waals surface area contributed by atoms with Gasteiger partial charge in [0.05, 0.1) is 6.20 Å². The van der Waals surface area contributed by atoms with Crippen molar-refractivity contribution in [3.8, 4) is 0 Å². The van der Waals surface area contributed by atoms with Crippen molar-refractivity contribution in [2.45, 2.75) is 59.0 Å². The number of nitrogens with zero attached hydrogens (tertiary/aromatic N) is 3. The van der Waals surface area contributed by atoms with Gasteiger partial charge in [-0.15, -0.1) is 5.10 Å². The summed E-state index contributed by atoms with van der Waals surface area (Å²) in [7, 11) is 0. The van der Waals surface area contributed by atoms with Crippen LogP contribution >= 0.6 is 0 Å². The lowest BCUT2D eigenvalue weighted by Crippen LogP contribution is -2.47. The largest absolute Gasteiger partial charge is 0.476 e. The van der Waals surface area contributed by atoms with Gasteiger partial charge in [-0.05, 0) is 24.2 Å². The van der Waals surface area contributed by atoms with Crippen LogP contribution < -0.4 is 5.32 Å². The van der Waals surface area contributed by atoms with Gasteiger partial charge in [0.1, 0.15) is 6.54 Å². The smallest absolute Gasteiger partial charge is 0.358 e. The topological polar surface area (TPSA) is 97.1 Å². The van der Waals surface area contributed by atoms with Crippen molar-refractivity contribution in [3.63, 3.8) is 0 Å². The first-order valence-electron chi connectivity index (χ1n) is 7.70. The molecule has 0 aromatic carbocycles. The molecular weight excluding hydrogens is 284 g/mol. The molecule has 1 aliphatic rings. The molecule has 2 atom stereocenters. The number of carboxylic acids is 1. The van der Waals surface area contributed by atoms with Gasteiger partial charge in [0.15, 0.2) is 5.69 Å². The zero-order valence-electron chi connectivity index (χ0n) is 13.4. The Balaban J connectivity index is 1.96. The van der Waals surface area contributed by atoms with Crippen LogP contribution in [-0.4, -0.2) is 38.0 Å². The number of carbonyl (C=O) groups excluding carboxylic acids is 1. The Morgan fingerprint density at radius 2 is 2.05 bits per heavy atom. The first kappa shape index (κ1) is 16.5. The average molecular weight is 308 g/mol. The second-order valence-corrected chi connectivity index (χ2v) is 7.04. The second kappa shape index (κ2) is 6.46. The van der Waals surface area contributed by atoms with Crippen molar-refractivity contribution in [2.24, 2.45) is 11.3 Å². The van der Waals surface area contributed by atoms with Crippen LogP contribution in [0.1, 0.15) is 56.9 Å². The molecule has 1 heterocycles. The third-order valence-corrected chi connectivity index (χ3v) is 4.29. The molecule has 7 heteroatoms. The molecule has 1 aromatic rings. The molecule has 1 fully saturated rings. The van der Waals surface area contributed by atoms with E-state index in [1.807, 2.05) is 0 Å². The molecule has 0 saturated heterocycles. The van der Waals surface area contributed by atoms with E-state index >= 15 is 0 Å². The quantitative estimate of drug-likeness (QED) is 0.882. The molecule has 2 N–H and O–H groups in total. The number of aromatic nitrogens is 3. The number of carboxylic acid groups (broad SMARTS) is 1. The summed E-state index contributed by atoms with van der Waals surface area (Å²) < 4.78 is 1.26. The summed E-state index contributed by atoms with van der Waals surface area (Å²) in [4.78, 5) is 22.9. The Labute approximate surface area is 130 Å². The van der Waals surface area contributed by atoms with E-state index in [9.17, 15) is 9.59 Å². The van der Waals surface area contributed by atoms with E-state index in [4.69, 9.17) is 5.11 Å². The summed E-state index contributed by atoms with van der Waals surface area (Å²) in [6.45, 7) is 6.61. The predicted molar refractivity (Wildman–Crippen MR) is 80.3 cm³/mol. The fourth-order valence-electron chi connectivity index (χ4n) is 3.21. The predicted octanol–water partition coefficient (Wildman–Crippen LogP) is 1.70. The minimum absolute atomic E-state index is 0.00631. The van der Waals surface area contributed by atoms with Crippen LogP contribution in [0.2, 0.25) is 0 Å². The Morgan fingerprint density at radius 1 is 1.36 bits per heavy atom. The van der Waals surface area contributed by atoms with Crippen molar-refractivity contribution in [1.82, 2.24) is 20.3 Å². The van der Waals surface area contributed by atoms with Crippen LogP contribution in [0.5, 0.6) is 0 Å². The van der Waals surface area contributed by atoms with E-state index in [1.165, 1.54) is 17.3 Å². The molecule has 1 aromatic heterocycles. The van der Waals surface area contributed by atoms with Gasteiger partial charge in [-0.1, -0.05) is 38.8 Å². The summed E-state index contributed by atoms with van der Waals surface area (Å²) in [6.07, 6.45) is 5.72. The lowest BCUT2D eigenvalue weighted by molar-refractivity contribution is -0.123. The molecule has 1 aliphatic carbocycles. The van der Waals surface area contributed by atoms with Crippen molar-refractivity contribution in [2.75, 3.05) is 0 Å². The SMILES string of the molecule is CC(C)(C)C1CCCCC1NC(=O)Cn1cc(C(=O)O)nn1. The molecule has 0 radical (unpaired) electrons. The Bertz CT molecular complexity index is 547. The summed E-state index contributed by atoms with van der Waals surface area (Å²) in [5, 5.41) is 19.1. The van der Waals surface area contributed by atoms with Crippen LogP contribution in [-0.2, 0) is 11.3 Å². The van der Waals surface area contributed by atoms with Gasteiger partial charge >= 0.3 is 5.97 Å². The normalized spacial score (nSPS) is 22.3. The van der Waals surface area contributed by atoms with Gasteiger partial charge in [-0.2, -0.15) is 0 Å². The Morgan fingerprint density at radius 3 is 2.64 bits per heavy atom. The Kier molecular flexibility index (Phi) is 4.83. The maximum Gasteiger partial charge on any atom is 0.358 e. The van der Waals surface area contributed by atoms with Gasteiger partial charge in [0, 0.05) is 6.04 Å². The standard InChI is InChI=1S/C15H24N4O3/c1-15(2,3)10-6-4-5-7-11(10)16-13(20)9-19-8-12(14(21)22)17-18-19/h8,10-11H,4-7,9H2,1-3H3,(H,16,20)(H,21,22). The highest BCUT2D eigenvalue weighted by Gasteiger charge is 2.34. The molecule has 0 spiro atoms. The van der Waals surface area contributed by atoms with Crippen LogP contribution in [0.3, 0.4) is 0 Å². The number of hydrogen-bond donors (Lipinski definition) is 2. The zero-order chi connectivity index (χ0) is 16.3. The monoisotopic (exact) mass is 308 g/mol. The third-order valence-electron chi connectivity index (χ3n) is 4.29. The van der Waals surface area contributed by atoms with E-state index in [2.05, 4.69) is 36.4 Å². The maximum atomic E-state index is 12.2. The summed E-state index contributed by atoms with van der Waals surface area (Å²) in [5.41, 5.74) is 0.000262. The molecule has 22 heavy (non-hydrogen) atoms. The zero-order valence-corrected chi connectivity index (χ0v) is 13.4. The minimum Gasteiger partial charge on any atom is -0.476 e. The number of carbonyl (C=O) groups is 2. The molecule has 0 bridgehead atoms.